The number of hydrogen-bond acceptors (Lipinski definition) is 9. The number of nitrogens with two attached hydrogens (primary N) is 2. The molecule has 2 heterocycles. The van der Waals surface area contributed by atoms with Gasteiger partial charge in [-0.2, -0.15) is 0 Å². The van der Waals surface area contributed by atoms with E-state index in [9.17, 15) is 24.3 Å². The lowest BCUT2D eigenvalue weighted by atomic mass is 9.89. The van der Waals surface area contributed by atoms with Crippen molar-refractivity contribution in [2.75, 3.05) is 38.0 Å². The zero-order valence-electron chi connectivity index (χ0n) is 34.7. The molecule has 2 aromatic heterocycles. The summed E-state index contributed by atoms with van der Waals surface area (Å²) in [6, 6.07) is 17.3. The smallest absolute Gasteiger partial charge is 0.332 e. The number of imidazole rings is 1. The summed E-state index contributed by atoms with van der Waals surface area (Å²) in [6.45, 7) is 15.6. The Hall–Kier alpha value is -4.63. The highest BCUT2D eigenvalue weighted by Gasteiger charge is 2.36. The lowest BCUT2D eigenvalue weighted by molar-refractivity contribution is -0.145. The zero-order chi connectivity index (χ0) is 41.5. The monoisotopic (exact) mass is 788 g/mol. The van der Waals surface area contributed by atoms with Gasteiger partial charge in [0.2, 0.25) is 5.91 Å². The van der Waals surface area contributed by atoms with Crippen LogP contribution in [0.25, 0.3) is 11.2 Å². The van der Waals surface area contributed by atoms with Crippen LogP contribution >= 0.6 is 0 Å². The van der Waals surface area contributed by atoms with Crippen molar-refractivity contribution >= 4 is 28.7 Å². The normalized spacial score (nSPS) is 12.9. The minimum absolute atomic E-state index is 0.0113. The van der Waals surface area contributed by atoms with Crippen molar-refractivity contribution in [2.24, 2.45) is 11.5 Å². The first-order valence-electron chi connectivity index (χ1n) is 20.8. The van der Waals surface area contributed by atoms with Gasteiger partial charge in [0.05, 0.1) is 19.1 Å². The van der Waals surface area contributed by atoms with Crippen LogP contribution in [0.5, 0.6) is 0 Å². The molecular formula is C43H65N9O5. The van der Waals surface area contributed by atoms with E-state index in [-0.39, 0.29) is 43.3 Å². The Labute approximate surface area is 336 Å². The van der Waals surface area contributed by atoms with E-state index in [1.807, 2.05) is 37.3 Å². The Morgan fingerprint density at radius 2 is 1.46 bits per heavy atom. The van der Waals surface area contributed by atoms with Crippen molar-refractivity contribution in [1.82, 2.24) is 28.5 Å². The van der Waals surface area contributed by atoms with Gasteiger partial charge in [-0.1, -0.05) is 96.3 Å². The highest BCUT2D eigenvalue weighted by atomic mass is 16.4. The van der Waals surface area contributed by atoms with E-state index < -0.39 is 17.4 Å². The van der Waals surface area contributed by atoms with Crippen LogP contribution < -0.4 is 28.0 Å². The number of amides is 1. The quantitative estimate of drug-likeness (QED) is 0.0545. The molecule has 57 heavy (non-hydrogen) atoms. The molecule has 4 rings (SSSR count). The Kier molecular flexibility index (Phi) is 17.2. The summed E-state index contributed by atoms with van der Waals surface area (Å²) in [6.07, 6.45) is 4.58. The molecule has 1 unspecified atom stereocenters. The summed E-state index contributed by atoms with van der Waals surface area (Å²) < 4.78 is 5.05. The van der Waals surface area contributed by atoms with Crippen LogP contribution in [-0.2, 0) is 42.1 Å². The maximum Gasteiger partial charge on any atom is 0.332 e. The second-order valence-corrected chi connectivity index (χ2v) is 14.9. The fourth-order valence-corrected chi connectivity index (χ4v) is 7.68. The van der Waals surface area contributed by atoms with Crippen molar-refractivity contribution < 1.29 is 14.7 Å². The fourth-order valence-electron chi connectivity index (χ4n) is 7.68. The number of aryl methyl sites for hydroxylation is 2. The maximum atomic E-state index is 14.4. The van der Waals surface area contributed by atoms with Gasteiger partial charge >= 0.3 is 11.7 Å². The average molecular weight is 788 g/mol. The first kappa shape index (κ1) is 45.1. The minimum Gasteiger partial charge on any atom is -0.480 e. The number of unbranched alkanes of at least 4 members (excludes halogenated alkanes) is 3. The molecule has 0 aliphatic carbocycles. The topological polar surface area (TPSA) is 187 Å². The summed E-state index contributed by atoms with van der Waals surface area (Å²) in [5, 5.41) is 12.6. The number of carbonyl (C=O) groups excluding carboxylic acids is 1. The molecule has 0 saturated heterocycles. The van der Waals surface area contributed by atoms with Crippen LogP contribution in [0, 0.1) is 0 Å². The second-order valence-electron chi connectivity index (χ2n) is 14.9. The van der Waals surface area contributed by atoms with Crippen LogP contribution in [0.1, 0.15) is 96.5 Å². The summed E-state index contributed by atoms with van der Waals surface area (Å²) in [4.78, 5) is 63.4. The number of fused-ring (bicyclic) bond motifs is 1. The van der Waals surface area contributed by atoms with E-state index >= 15 is 0 Å². The molecule has 0 aliphatic rings. The maximum absolute atomic E-state index is 14.4. The summed E-state index contributed by atoms with van der Waals surface area (Å²) in [5.41, 5.74) is 12.7. The number of aliphatic carboxylic acids is 1. The summed E-state index contributed by atoms with van der Waals surface area (Å²) in [7, 11) is 0. The lowest BCUT2D eigenvalue weighted by Gasteiger charge is -2.38. The molecule has 6 N–H and O–H groups in total. The number of benzene rings is 2. The molecule has 0 radical (unpaired) electrons. The molecule has 0 saturated carbocycles. The standard InChI is InChI=1S/C43H65N9O5/c1-6-27-51-40(54)38-39(47-35(29-33-18-14-13-15-19-33)52(38)31-37(48(7-2)8-3)49(9-4)10-5)50(42(51)57)28-24-32-20-22-34(23-21-32)46-36(53)30-43(45,41(55)56)25-16-11-12-17-26-44/h13-15,18-23,37H,6-12,16-17,24-31,44-45H2,1-5H3,(H,46,53)(H,55,56). The van der Waals surface area contributed by atoms with Crippen LogP contribution in [0.4, 0.5) is 5.69 Å². The number of carboxylic acids is 1. The number of nitrogens with one attached hydrogen (secondary N) is 1. The summed E-state index contributed by atoms with van der Waals surface area (Å²) in [5.74, 6) is -0.949. The van der Waals surface area contributed by atoms with E-state index in [0.717, 1.165) is 62.4 Å². The van der Waals surface area contributed by atoms with Crippen LogP contribution in [-0.4, -0.2) is 89.9 Å². The SMILES string of the molecule is CCCn1c(=O)c2c(nc(Cc3ccccc3)n2CC(N(CC)CC)N(CC)CC)n(CCc2ccc(NC(=O)CC(N)(CCCCCCN)C(=O)O)cc2)c1=O. The van der Waals surface area contributed by atoms with E-state index in [1.54, 1.807) is 16.7 Å². The number of carboxylic acid groups (broad SMARTS) is 1. The van der Waals surface area contributed by atoms with E-state index in [1.165, 1.54) is 4.57 Å². The third-order valence-electron chi connectivity index (χ3n) is 11.0. The molecule has 14 heteroatoms. The predicted molar refractivity (Wildman–Crippen MR) is 228 cm³/mol. The van der Waals surface area contributed by atoms with Gasteiger partial charge < -0.3 is 26.5 Å². The number of aromatic nitrogens is 4. The minimum atomic E-state index is -1.66. The van der Waals surface area contributed by atoms with Gasteiger partial charge in [-0.05, 0) is 81.7 Å². The van der Waals surface area contributed by atoms with Gasteiger partial charge in [0, 0.05) is 25.2 Å². The number of anilines is 1. The van der Waals surface area contributed by atoms with Gasteiger partial charge in [-0.3, -0.25) is 33.3 Å². The number of rotatable bonds is 25. The number of hydrogen-bond donors (Lipinski definition) is 4. The molecule has 4 aromatic rings. The summed E-state index contributed by atoms with van der Waals surface area (Å²) >= 11 is 0. The zero-order valence-corrected chi connectivity index (χ0v) is 34.7. The highest BCUT2D eigenvalue weighted by Crippen LogP contribution is 2.22. The van der Waals surface area contributed by atoms with Gasteiger partial charge in [0.1, 0.15) is 11.4 Å². The third-order valence-corrected chi connectivity index (χ3v) is 11.0. The number of nitrogens with zero attached hydrogens (tertiary/aromatic N) is 6. The first-order valence-corrected chi connectivity index (χ1v) is 20.8. The van der Waals surface area contributed by atoms with Crippen molar-refractivity contribution in [3.8, 4) is 0 Å². The van der Waals surface area contributed by atoms with Gasteiger partial charge in [0.25, 0.3) is 5.56 Å². The molecule has 1 atom stereocenters. The van der Waals surface area contributed by atoms with Crippen LogP contribution in [0.2, 0.25) is 0 Å². The molecule has 1 amide bonds. The molecule has 0 fully saturated rings. The first-order chi connectivity index (χ1) is 27.4. The largest absolute Gasteiger partial charge is 0.480 e. The Morgan fingerprint density at radius 3 is 2.04 bits per heavy atom. The molecule has 0 aliphatic heterocycles. The molecule has 14 nitrogen and oxygen atoms in total. The van der Waals surface area contributed by atoms with Gasteiger partial charge in [0.15, 0.2) is 11.2 Å². The van der Waals surface area contributed by atoms with Crippen molar-refractivity contribution in [1.29, 1.82) is 0 Å². The Balaban J connectivity index is 1.66. The molecule has 0 spiro atoms. The molecular weight excluding hydrogens is 723 g/mol. The predicted octanol–water partition coefficient (Wildman–Crippen LogP) is 4.63. The molecule has 0 bridgehead atoms. The van der Waals surface area contributed by atoms with Crippen molar-refractivity contribution in [3.63, 3.8) is 0 Å². The number of likely N-dealkylation sites (N-methyl/N-ethyl adjacent to an activating group) is 2. The number of carbonyl (C=O) groups is 2. The van der Waals surface area contributed by atoms with E-state index in [4.69, 9.17) is 16.5 Å². The third kappa shape index (κ3) is 11.5. The highest BCUT2D eigenvalue weighted by molar-refractivity contribution is 5.95. The fraction of sp³-hybridized carbons (Fsp3) is 0.558. The van der Waals surface area contributed by atoms with Gasteiger partial charge in [-0.15, -0.1) is 0 Å². The van der Waals surface area contributed by atoms with Crippen molar-refractivity contribution in [3.05, 3.63) is 92.4 Å². The average Bonchev–Trinajstić information content (AvgIpc) is 3.55. The molecule has 312 valence electrons. The van der Waals surface area contributed by atoms with Crippen molar-refractivity contribution in [2.45, 2.75) is 124 Å². The van der Waals surface area contributed by atoms with Crippen LogP contribution in [0.3, 0.4) is 0 Å². The van der Waals surface area contributed by atoms with E-state index in [0.29, 0.717) is 55.6 Å². The Bertz CT molecular complexity index is 1990. The lowest BCUT2D eigenvalue weighted by Crippen LogP contribution is -2.51. The van der Waals surface area contributed by atoms with Gasteiger partial charge in [-0.25, -0.2) is 9.78 Å². The van der Waals surface area contributed by atoms with E-state index in [2.05, 4.69) is 59.5 Å². The van der Waals surface area contributed by atoms with Crippen LogP contribution in [0.15, 0.2) is 64.2 Å². The second kappa shape index (κ2) is 21.8. The Morgan fingerprint density at radius 1 is 0.825 bits per heavy atom. The molecule has 2 aromatic carbocycles.